The van der Waals surface area contributed by atoms with Crippen molar-refractivity contribution in [1.82, 2.24) is 25.1 Å². The predicted octanol–water partition coefficient (Wildman–Crippen LogP) is 4.47. The van der Waals surface area contributed by atoms with Gasteiger partial charge in [0.15, 0.2) is 11.0 Å². The fourth-order valence-electron chi connectivity index (χ4n) is 3.51. The van der Waals surface area contributed by atoms with E-state index in [0.717, 1.165) is 35.8 Å². The van der Waals surface area contributed by atoms with Gasteiger partial charge in [0.25, 0.3) is 0 Å². The summed E-state index contributed by atoms with van der Waals surface area (Å²) >= 11 is 1.47. The van der Waals surface area contributed by atoms with E-state index in [-0.39, 0.29) is 11.2 Å². The van der Waals surface area contributed by atoms with Crippen molar-refractivity contribution in [3.8, 4) is 11.4 Å². The molecular weight excluding hydrogens is 394 g/mol. The minimum atomic E-state index is -0.248. The minimum absolute atomic E-state index is 0.0302. The molecule has 1 saturated carbocycles. The lowest BCUT2D eigenvalue weighted by Gasteiger charge is -2.18. The van der Waals surface area contributed by atoms with Crippen molar-refractivity contribution in [1.29, 1.82) is 0 Å². The van der Waals surface area contributed by atoms with Gasteiger partial charge in [-0.3, -0.25) is 14.3 Å². The van der Waals surface area contributed by atoms with Gasteiger partial charge in [-0.1, -0.05) is 49.0 Å². The predicted molar refractivity (Wildman–Crippen MR) is 119 cm³/mol. The van der Waals surface area contributed by atoms with Crippen LogP contribution < -0.4 is 5.32 Å². The summed E-state index contributed by atoms with van der Waals surface area (Å²) in [4.78, 5) is 17.0. The lowest BCUT2D eigenvalue weighted by molar-refractivity contribution is -0.120. The molecule has 1 N–H and O–H groups in total. The molecule has 30 heavy (non-hydrogen) atoms. The van der Waals surface area contributed by atoms with Gasteiger partial charge in [-0.25, -0.2) is 0 Å². The zero-order chi connectivity index (χ0) is 20.9. The lowest BCUT2D eigenvalue weighted by atomic mass is 9.96. The summed E-state index contributed by atoms with van der Waals surface area (Å²) in [5, 5.41) is 12.5. The van der Waals surface area contributed by atoms with Crippen molar-refractivity contribution >= 4 is 17.7 Å². The zero-order valence-corrected chi connectivity index (χ0v) is 18.2. The Kier molecular flexibility index (Phi) is 6.47. The SMILES string of the molecule is CC[C@H](CNC(=O)[C@@H](C)Sc1nnc(-c2cccnc2)n1C1CC1)c1ccccc1. The first-order chi connectivity index (χ1) is 14.7. The molecule has 3 aromatic rings. The van der Waals surface area contributed by atoms with Crippen LogP contribution in [0, 0.1) is 0 Å². The van der Waals surface area contributed by atoms with Crippen molar-refractivity contribution in [2.24, 2.45) is 0 Å². The van der Waals surface area contributed by atoms with Crippen LogP contribution in [0.4, 0.5) is 0 Å². The Bertz CT molecular complexity index is 972. The largest absolute Gasteiger partial charge is 0.355 e. The first-order valence-electron chi connectivity index (χ1n) is 10.5. The number of carbonyl (C=O) groups excluding carboxylic acids is 1. The molecule has 7 heteroatoms. The lowest BCUT2D eigenvalue weighted by Crippen LogP contribution is -2.34. The average Bonchev–Trinajstić information content (AvgIpc) is 3.55. The summed E-state index contributed by atoms with van der Waals surface area (Å²) < 4.78 is 2.17. The van der Waals surface area contributed by atoms with E-state index in [2.05, 4.69) is 44.1 Å². The van der Waals surface area contributed by atoms with Crippen LogP contribution in [0.5, 0.6) is 0 Å². The minimum Gasteiger partial charge on any atom is -0.355 e. The van der Waals surface area contributed by atoms with E-state index in [1.807, 2.05) is 43.5 Å². The highest BCUT2D eigenvalue weighted by atomic mass is 32.2. The molecular formula is C23H27N5OS. The van der Waals surface area contributed by atoms with Gasteiger partial charge in [0.05, 0.1) is 5.25 Å². The Morgan fingerprint density at radius 3 is 2.67 bits per heavy atom. The fraction of sp³-hybridized carbons (Fsp3) is 0.391. The van der Waals surface area contributed by atoms with Gasteiger partial charge in [0, 0.05) is 36.5 Å². The quantitative estimate of drug-likeness (QED) is 0.516. The van der Waals surface area contributed by atoms with Crippen molar-refractivity contribution < 1.29 is 4.79 Å². The van der Waals surface area contributed by atoms with Crippen molar-refractivity contribution in [3.05, 3.63) is 60.4 Å². The Hall–Kier alpha value is -2.67. The van der Waals surface area contributed by atoms with Gasteiger partial charge >= 0.3 is 0 Å². The van der Waals surface area contributed by atoms with E-state index >= 15 is 0 Å². The normalized spacial score (nSPS) is 15.5. The van der Waals surface area contributed by atoms with E-state index in [9.17, 15) is 4.79 Å². The van der Waals surface area contributed by atoms with Gasteiger partial charge in [0.2, 0.25) is 5.91 Å². The molecule has 0 radical (unpaired) electrons. The third-order valence-electron chi connectivity index (χ3n) is 5.43. The molecule has 0 spiro atoms. The van der Waals surface area contributed by atoms with Crippen LogP contribution in [0.25, 0.3) is 11.4 Å². The number of nitrogens with zero attached hydrogens (tertiary/aromatic N) is 4. The van der Waals surface area contributed by atoms with Crippen molar-refractivity contribution in [3.63, 3.8) is 0 Å². The molecule has 2 aromatic heterocycles. The Morgan fingerprint density at radius 1 is 1.20 bits per heavy atom. The summed E-state index contributed by atoms with van der Waals surface area (Å²) in [6, 6.07) is 14.7. The van der Waals surface area contributed by atoms with Crippen molar-refractivity contribution in [2.45, 2.75) is 55.5 Å². The average molecular weight is 422 g/mol. The smallest absolute Gasteiger partial charge is 0.233 e. The maximum atomic E-state index is 12.8. The third-order valence-corrected chi connectivity index (χ3v) is 6.49. The topological polar surface area (TPSA) is 72.7 Å². The van der Waals surface area contributed by atoms with Gasteiger partial charge in [0.1, 0.15) is 0 Å². The number of pyridine rings is 1. The second-order valence-corrected chi connectivity index (χ2v) is 8.98. The monoisotopic (exact) mass is 421 g/mol. The molecule has 0 unspecified atom stereocenters. The summed E-state index contributed by atoms with van der Waals surface area (Å²) in [5.41, 5.74) is 2.21. The number of nitrogens with one attached hydrogen (secondary N) is 1. The first kappa shape index (κ1) is 20.6. The van der Waals surface area contributed by atoms with Gasteiger partial charge in [-0.15, -0.1) is 10.2 Å². The molecule has 156 valence electrons. The molecule has 0 bridgehead atoms. The maximum Gasteiger partial charge on any atom is 0.233 e. The molecule has 4 rings (SSSR count). The highest BCUT2D eigenvalue weighted by molar-refractivity contribution is 8.00. The second-order valence-electron chi connectivity index (χ2n) is 7.67. The van der Waals surface area contributed by atoms with E-state index in [4.69, 9.17) is 0 Å². The Balaban J connectivity index is 1.42. The van der Waals surface area contributed by atoms with E-state index in [0.29, 0.717) is 18.5 Å². The van der Waals surface area contributed by atoms with Crippen LogP contribution in [0.1, 0.15) is 50.6 Å². The molecule has 2 heterocycles. The number of thioether (sulfide) groups is 1. The third kappa shape index (κ3) is 4.73. The molecule has 1 aliphatic rings. The molecule has 1 fully saturated rings. The highest BCUT2D eigenvalue weighted by Crippen LogP contribution is 2.41. The summed E-state index contributed by atoms with van der Waals surface area (Å²) in [6.45, 7) is 4.72. The standard InChI is InChI=1S/C23H27N5OS/c1-3-17(18-8-5-4-6-9-18)15-25-22(29)16(2)30-23-27-26-21(28(23)20-11-12-20)19-10-7-13-24-14-19/h4-10,13-14,16-17,20H,3,11-12,15H2,1-2H3,(H,25,29)/t16-,17-/m1/s1. The van der Waals surface area contributed by atoms with Gasteiger partial charge < -0.3 is 5.32 Å². The summed E-state index contributed by atoms with van der Waals surface area (Å²) in [7, 11) is 0. The highest BCUT2D eigenvalue weighted by Gasteiger charge is 2.31. The van der Waals surface area contributed by atoms with E-state index < -0.39 is 0 Å². The van der Waals surface area contributed by atoms with Crippen LogP contribution >= 0.6 is 11.8 Å². The van der Waals surface area contributed by atoms with Crippen LogP contribution in [0.2, 0.25) is 0 Å². The van der Waals surface area contributed by atoms with Crippen LogP contribution in [0.3, 0.4) is 0 Å². The van der Waals surface area contributed by atoms with Crippen LogP contribution in [-0.4, -0.2) is 37.5 Å². The van der Waals surface area contributed by atoms with Gasteiger partial charge in [-0.2, -0.15) is 0 Å². The zero-order valence-electron chi connectivity index (χ0n) is 17.4. The Labute approximate surface area is 181 Å². The first-order valence-corrected chi connectivity index (χ1v) is 11.4. The fourth-order valence-corrected chi connectivity index (χ4v) is 4.46. The molecule has 1 amide bonds. The Morgan fingerprint density at radius 2 is 2.00 bits per heavy atom. The number of amides is 1. The van der Waals surface area contributed by atoms with Gasteiger partial charge in [-0.05, 0) is 43.9 Å². The molecule has 0 aliphatic heterocycles. The number of hydrogen-bond acceptors (Lipinski definition) is 5. The molecule has 1 aromatic carbocycles. The number of rotatable bonds is 9. The van der Waals surface area contributed by atoms with Crippen LogP contribution in [-0.2, 0) is 4.79 Å². The molecule has 2 atom stereocenters. The second kappa shape index (κ2) is 9.43. The molecule has 0 saturated heterocycles. The van der Waals surface area contributed by atoms with E-state index in [1.54, 1.807) is 6.20 Å². The summed E-state index contributed by atoms with van der Waals surface area (Å²) in [5.74, 6) is 1.18. The molecule has 1 aliphatic carbocycles. The summed E-state index contributed by atoms with van der Waals surface area (Å²) in [6.07, 6.45) is 6.78. The van der Waals surface area contributed by atoms with E-state index in [1.165, 1.54) is 17.3 Å². The van der Waals surface area contributed by atoms with Crippen molar-refractivity contribution in [2.75, 3.05) is 6.54 Å². The molecule has 6 nitrogen and oxygen atoms in total. The number of aromatic nitrogens is 4. The number of benzene rings is 1. The number of hydrogen-bond donors (Lipinski definition) is 1. The van der Waals surface area contributed by atoms with Crippen LogP contribution in [0.15, 0.2) is 60.0 Å². The number of carbonyl (C=O) groups is 1. The maximum absolute atomic E-state index is 12.8.